The molecule has 0 aliphatic heterocycles. The van der Waals surface area contributed by atoms with Crippen LogP contribution in [-0.4, -0.2) is 46.5 Å². The van der Waals surface area contributed by atoms with Gasteiger partial charge in [-0.3, -0.25) is 4.79 Å². The molecule has 0 spiro atoms. The van der Waals surface area contributed by atoms with Crippen molar-refractivity contribution in [2.75, 3.05) is 25.4 Å². The van der Waals surface area contributed by atoms with E-state index in [1.54, 1.807) is 12.1 Å². The van der Waals surface area contributed by atoms with Crippen molar-refractivity contribution in [3.05, 3.63) is 82.5 Å². The lowest BCUT2D eigenvalue weighted by Crippen LogP contribution is -2.32. The highest BCUT2D eigenvalue weighted by Crippen LogP contribution is 2.39. The summed E-state index contributed by atoms with van der Waals surface area (Å²) in [6.45, 7) is 6.52. The number of ketones is 1. The summed E-state index contributed by atoms with van der Waals surface area (Å²) < 4.78 is 0. The van der Waals surface area contributed by atoms with Crippen LogP contribution in [0.15, 0.2) is 54.7 Å². The molecule has 1 aromatic heterocycles. The number of hydrogen-bond donors (Lipinski definition) is 2. The van der Waals surface area contributed by atoms with Crippen LogP contribution in [-0.2, 0) is 6.42 Å². The largest absolute Gasteiger partial charge is 0.392 e. The van der Waals surface area contributed by atoms with Gasteiger partial charge in [0.2, 0.25) is 0 Å². The normalized spacial score (nSPS) is 12.6. The molecule has 0 saturated carbocycles. The lowest BCUT2D eigenvalue weighted by molar-refractivity contribution is 0.0877. The molecule has 3 aromatic rings. The summed E-state index contributed by atoms with van der Waals surface area (Å²) in [6.07, 6.45) is 2.98. The fourth-order valence-corrected chi connectivity index (χ4v) is 4.44. The molecule has 174 valence electrons. The van der Waals surface area contributed by atoms with E-state index in [0.717, 1.165) is 41.8 Å². The summed E-state index contributed by atoms with van der Waals surface area (Å²) >= 11 is 0. The summed E-state index contributed by atoms with van der Waals surface area (Å²) in [5.74, 6) is 6.87. The summed E-state index contributed by atoms with van der Waals surface area (Å²) in [5, 5.41) is 10.2. The fourth-order valence-electron chi connectivity index (χ4n) is 4.44. The summed E-state index contributed by atoms with van der Waals surface area (Å²) in [6, 6.07) is 15.6. The van der Waals surface area contributed by atoms with Gasteiger partial charge in [-0.25, -0.2) is 4.98 Å². The highest BCUT2D eigenvalue weighted by molar-refractivity contribution is 5.96. The third-order valence-electron chi connectivity index (χ3n) is 6.46. The van der Waals surface area contributed by atoms with Crippen molar-refractivity contribution in [2.45, 2.75) is 39.2 Å². The minimum atomic E-state index is -0.495. The summed E-state index contributed by atoms with van der Waals surface area (Å²) in [4.78, 5) is 19.1. The number of aliphatic hydroxyl groups is 1. The van der Waals surface area contributed by atoms with Crippen molar-refractivity contribution in [1.29, 1.82) is 0 Å². The first kappa shape index (κ1) is 23.7. The number of aromatic nitrogens is 1. The second-order valence-electron chi connectivity index (χ2n) is 8.68. The smallest absolute Gasteiger partial charge is 0.162 e. The first-order valence-electron chi connectivity index (χ1n) is 11.9. The van der Waals surface area contributed by atoms with E-state index in [4.69, 9.17) is 5.73 Å². The topological polar surface area (TPSA) is 79.5 Å². The maximum absolute atomic E-state index is 12.6. The van der Waals surface area contributed by atoms with Gasteiger partial charge in [0.15, 0.2) is 5.78 Å². The Morgan fingerprint density at radius 1 is 1.09 bits per heavy atom. The summed E-state index contributed by atoms with van der Waals surface area (Å²) in [7, 11) is 0. The van der Waals surface area contributed by atoms with Gasteiger partial charge in [0.05, 0.1) is 11.7 Å². The Kier molecular flexibility index (Phi) is 7.42. The number of Topliss-reactive ketones (excluding diaryl/α,β-unsaturated/α-hetero) is 1. The molecule has 1 heterocycles. The van der Waals surface area contributed by atoms with E-state index in [1.807, 2.05) is 30.5 Å². The molecular formula is C29H31N3O2. The van der Waals surface area contributed by atoms with Crippen LogP contribution in [0.5, 0.6) is 0 Å². The Morgan fingerprint density at radius 2 is 1.82 bits per heavy atom. The van der Waals surface area contributed by atoms with Gasteiger partial charge in [-0.15, -0.1) is 0 Å². The van der Waals surface area contributed by atoms with Gasteiger partial charge in [0.1, 0.15) is 5.82 Å². The van der Waals surface area contributed by atoms with Crippen LogP contribution >= 0.6 is 0 Å². The predicted octanol–water partition coefficient (Wildman–Crippen LogP) is 4.30. The molecule has 0 amide bonds. The van der Waals surface area contributed by atoms with Crippen LogP contribution < -0.4 is 5.73 Å². The standard InChI is InChI=1S/C29H31N3O2/c1-3-32(4-2)19-24(33)14-16-27(34)21-12-9-20(10-13-21)11-15-26-28-23(18-31-29(26)30)17-22-7-5-6-8-25(22)28/h5-10,12-13,18,24,33H,3-4,14,16-17,19H2,1-2H3,(H2,30,31). The third-order valence-corrected chi connectivity index (χ3v) is 6.46. The van der Waals surface area contributed by atoms with Crippen LogP contribution in [0.4, 0.5) is 5.82 Å². The Labute approximate surface area is 201 Å². The molecule has 34 heavy (non-hydrogen) atoms. The minimum absolute atomic E-state index is 0.0315. The van der Waals surface area contributed by atoms with Crippen LogP contribution in [0.2, 0.25) is 0 Å². The molecule has 5 nitrogen and oxygen atoms in total. The van der Waals surface area contributed by atoms with Gasteiger partial charge in [-0.2, -0.15) is 0 Å². The number of nitrogens with zero attached hydrogens (tertiary/aromatic N) is 2. The van der Waals surface area contributed by atoms with Gasteiger partial charge in [0.25, 0.3) is 0 Å². The zero-order valence-corrected chi connectivity index (χ0v) is 19.8. The molecule has 3 N–H and O–H groups in total. The number of hydrogen-bond acceptors (Lipinski definition) is 5. The third kappa shape index (κ3) is 5.20. The van der Waals surface area contributed by atoms with E-state index >= 15 is 0 Å². The van der Waals surface area contributed by atoms with E-state index in [9.17, 15) is 9.90 Å². The van der Waals surface area contributed by atoms with E-state index in [-0.39, 0.29) is 5.78 Å². The number of aliphatic hydroxyl groups excluding tert-OH is 1. The monoisotopic (exact) mass is 453 g/mol. The van der Waals surface area contributed by atoms with Crippen molar-refractivity contribution in [3.63, 3.8) is 0 Å². The number of carbonyl (C=O) groups excluding carboxylic acids is 1. The average Bonchev–Trinajstić information content (AvgIpc) is 3.24. The van der Waals surface area contributed by atoms with Crippen LogP contribution in [0.25, 0.3) is 11.1 Å². The molecular weight excluding hydrogens is 422 g/mol. The van der Waals surface area contributed by atoms with Crippen LogP contribution in [0, 0.1) is 11.8 Å². The first-order chi connectivity index (χ1) is 16.5. The van der Waals surface area contributed by atoms with Crippen molar-refractivity contribution >= 4 is 11.6 Å². The molecule has 4 rings (SSSR count). The quantitative estimate of drug-likeness (QED) is 0.307. The number of nitrogens with two attached hydrogens (primary N) is 1. The lowest BCUT2D eigenvalue weighted by atomic mass is 10.0. The number of rotatable bonds is 8. The van der Waals surface area contributed by atoms with E-state index < -0.39 is 6.10 Å². The number of carbonyl (C=O) groups is 1. The molecule has 0 radical (unpaired) electrons. The molecule has 5 heteroatoms. The molecule has 1 unspecified atom stereocenters. The lowest BCUT2D eigenvalue weighted by Gasteiger charge is -2.21. The maximum Gasteiger partial charge on any atom is 0.162 e. The first-order valence-corrected chi connectivity index (χ1v) is 11.9. The second-order valence-corrected chi connectivity index (χ2v) is 8.68. The van der Waals surface area contributed by atoms with E-state index in [1.165, 1.54) is 11.1 Å². The minimum Gasteiger partial charge on any atom is -0.392 e. The second kappa shape index (κ2) is 10.6. The highest BCUT2D eigenvalue weighted by Gasteiger charge is 2.22. The number of likely N-dealkylation sites (N-methyl/N-ethyl adjacent to an activating group) is 1. The molecule has 0 fully saturated rings. The van der Waals surface area contributed by atoms with Crippen molar-refractivity contribution in [2.24, 2.45) is 0 Å². The summed E-state index contributed by atoms with van der Waals surface area (Å²) in [5.41, 5.74) is 13.0. The van der Waals surface area contributed by atoms with Crippen LogP contribution in [0.1, 0.15) is 59.3 Å². The Balaban J connectivity index is 1.45. The molecule has 0 bridgehead atoms. The Bertz CT molecular complexity index is 1230. The zero-order valence-electron chi connectivity index (χ0n) is 19.8. The van der Waals surface area contributed by atoms with Gasteiger partial charge in [-0.05, 0) is 48.3 Å². The highest BCUT2D eigenvalue weighted by atomic mass is 16.3. The van der Waals surface area contributed by atoms with Gasteiger partial charge in [0, 0.05) is 42.3 Å². The van der Waals surface area contributed by atoms with Gasteiger partial charge in [-0.1, -0.05) is 62.1 Å². The molecule has 1 atom stereocenters. The zero-order chi connectivity index (χ0) is 24.1. The Morgan fingerprint density at radius 3 is 2.56 bits per heavy atom. The van der Waals surface area contributed by atoms with E-state index in [0.29, 0.717) is 30.8 Å². The fraction of sp³-hybridized carbons (Fsp3) is 0.310. The average molecular weight is 454 g/mol. The van der Waals surface area contributed by atoms with Crippen molar-refractivity contribution in [1.82, 2.24) is 9.88 Å². The number of anilines is 1. The SMILES string of the molecule is CCN(CC)CC(O)CCC(=O)c1ccc(C#Cc2c(N)ncc3c2-c2ccccc2C3)cc1. The molecule has 2 aromatic carbocycles. The maximum atomic E-state index is 12.6. The number of fused-ring (bicyclic) bond motifs is 3. The number of nitrogen functional groups attached to an aromatic ring is 1. The Hall–Kier alpha value is -3.46. The molecule has 1 aliphatic carbocycles. The van der Waals surface area contributed by atoms with E-state index in [2.05, 4.69) is 47.7 Å². The van der Waals surface area contributed by atoms with Crippen LogP contribution in [0.3, 0.4) is 0 Å². The van der Waals surface area contributed by atoms with Crippen molar-refractivity contribution < 1.29 is 9.90 Å². The molecule has 1 aliphatic rings. The number of benzene rings is 2. The number of pyridine rings is 1. The van der Waals surface area contributed by atoms with Gasteiger partial charge < -0.3 is 15.7 Å². The van der Waals surface area contributed by atoms with Crippen molar-refractivity contribution in [3.8, 4) is 23.0 Å². The van der Waals surface area contributed by atoms with Gasteiger partial charge >= 0.3 is 0 Å². The predicted molar refractivity (Wildman–Crippen MR) is 137 cm³/mol. The molecule has 0 saturated heterocycles.